The number of hydrogen-bond acceptors (Lipinski definition) is 5. The number of imide groups is 1. The van der Waals surface area contributed by atoms with Gasteiger partial charge in [-0.15, -0.1) is 0 Å². The lowest BCUT2D eigenvalue weighted by Gasteiger charge is -2.47. The topological polar surface area (TPSA) is 69.7 Å². The SMILES string of the molecule is CCN1c2ccc(/C=C3\SC(=O)N(CC(=O)Nc4ccccc4)C3=O)cc2[C@@H](C)CC1(C)C. The summed E-state index contributed by atoms with van der Waals surface area (Å²) in [7, 11) is 0. The number of nitrogens with zero attached hydrogens (tertiary/aromatic N) is 2. The van der Waals surface area contributed by atoms with Crippen molar-refractivity contribution in [3.05, 3.63) is 64.6 Å². The highest BCUT2D eigenvalue weighted by atomic mass is 32.2. The van der Waals surface area contributed by atoms with E-state index in [0.29, 0.717) is 16.5 Å². The molecule has 0 spiro atoms. The van der Waals surface area contributed by atoms with Gasteiger partial charge in [0.2, 0.25) is 5.91 Å². The Labute approximate surface area is 199 Å². The Bertz CT molecular complexity index is 1130. The monoisotopic (exact) mass is 463 g/mol. The van der Waals surface area contributed by atoms with Gasteiger partial charge in [0.1, 0.15) is 6.54 Å². The van der Waals surface area contributed by atoms with Crippen LogP contribution in [0.4, 0.5) is 16.2 Å². The molecule has 33 heavy (non-hydrogen) atoms. The molecule has 2 aliphatic rings. The van der Waals surface area contributed by atoms with Crippen LogP contribution in [-0.2, 0) is 9.59 Å². The Kier molecular flexibility index (Phi) is 6.34. The molecule has 4 rings (SSSR count). The molecule has 1 atom stereocenters. The second kappa shape index (κ2) is 9.06. The number of thioether (sulfide) groups is 1. The highest BCUT2D eigenvalue weighted by Gasteiger charge is 2.37. The lowest BCUT2D eigenvalue weighted by Crippen LogP contribution is -2.48. The summed E-state index contributed by atoms with van der Waals surface area (Å²) in [6.07, 6.45) is 2.80. The highest BCUT2D eigenvalue weighted by Crippen LogP contribution is 2.44. The van der Waals surface area contributed by atoms with Crippen LogP contribution in [0.1, 0.15) is 51.2 Å². The van der Waals surface area contributed by atoms with Crippen LogP contribution in [-0.4, -0.2) is 40.6 Å². The van der Waals surface area contributed by atoms with Crippen molar-refractivity contribution in [1.29, 1.82) is 0 Å². The van der Waals surface area contributed by atoms with Gasteiger partial charge >= 0.3 is 0 Å². The number of amides is 3. The minimum Gasteiger partial charge on any atom is -0.366 e. The van der Waals surface area contributed by atoms with Crippen molar-refractivity contribution in [2.45, 2.75) is 45.6 Å². The van der Waals surface area contributed by atoms with E-state index in [4.69, 9.17) is 0 Å². The fraction of sp³-hybridized carbons (Fsp3) is 0.346. The number of carbonyl (C=O) groups excluding carboxylic acids is 3. The third-order valence-corrected chi connectivity index (χ3v) is 7.16. The molecule has 6 nitrogen and oxygen atoms in total. The third kappa shape index (κ3) is 4.69. The molecule has 1 saturated heterocycles. The van der Waals surface area contributed by atoms with Crippen LogP contribution in [0, 0.1) is 0 Å². The molecule has 0 radical (unpaired) electrons. The number of carbonyl (C=O) groups is 3. The van der Waals surface area contributed by atoms with Crippen LogP contribution >= 0.6 is 11.8 Å². The van der Waals surface area contributed by atoms with Gasteiger partial charge in [-0.1, -0.05) is 31.2 Å². The van der Waals surface area contributed by atoms with E-state index >= 15 is 0 Å². The third-order valence-electron chi connectivity index (χ3n) is 6.26. The largest absolute Gasteiger partial charge is 0.366 e. The zero-order valence-corrected chi connectivity index (χ0v) is 20.2. The molecule has 172 valence electrons. The number of nitrogens with one attached hydrogen (secondary N) is 1. The fourth-order valence-electron chi connectivity index (χ4n) is 4.85. The number of anilines is 2. The Hall–Kier alpha value is -3.06. The van der Waals surface area contributed by atoms with E-state index in [2.05, 4.69) is 50.0 Å². The van der Waals surface area contributed by atoms with Crippen LogP contribution in [0.15, 0.2) is 53.4 Å². The second-order valence-corrected chi connectivity index (χ2v) is 10.2. The predicted molar refractivity (Wildman–Crippen MR) is 134 cm³/mol. The van der Waals surface area contributed by atoms with E-state index in [0.717, 1.165) is 35.2 Å². The maximum absolute atomic E-state index is 12.9. The van der Waals surface area contributed by atoms with Gasteiger partial charge in [-0.25, -0.2) is 0 Å². The number of hydrogen-bond donors (Lipinski definition) is 1. The molecular weight excluding hydrogens is 434 g/mol. The van der Waals surface area contributed by atoms with E-state index in [1.54, 1.807) is 30.3 Å². The molecule has 7 heteroatoms. The summed E-state index contributed by atoms with van der Waals surface area (Å²) >= 11 is 0.876. The predicted octanol–water partition coefficient (Wildman–Crippen LogP) is 5.47. The summed E-state index contributed by atoms with van der Waals surface area (Å²) in [5.41, 5.74) is 4.08. The summed E-state index contributed by atoms with van der Waals surface area (Å²) in [5.74, 6) is -0.451. The zero-order valence-electron chi connectivity index (χ0n) is 19.4. The van der Waals surface area contributed by atoms with Crippen molar-refractivity contribution in [2.24, 2.45) is 0 Å². The highest BCUT2D eigenvalue weighted by molar-refractivity contribution is 8.18. The molecule has 3 amide bonds. The van der Waals surface area contributed by atoms with Gasteiger partial charge < -0.3 is 10.2 Å². The van der Waals surface area contributed by atoms with Gasteiger partial charge in [0.15, 0.2) is 0 Å². The minimum atomic E-state index is -0.435. The van der Waals surface area contributed by atoms with E-state index < -0.39 is 17.1 Å². The summed E-state index contributed by atoms with van der Waals surface area (Å²) < 4.78 is 0. The molecule has 2 aromatic carbocycles. The van der Waals surface area contributed by atoms with Crippen LogP contribution in [0.5, 0.6) is 0 Å². The van der Waals surface area contributed by atoms with Crippen molar-refractivity contribution < 1.29 is 14.4 Å². The minimum absolute atomic E-state index is 0.0889. The summed E-state index contributed by atoms with van der Waals surface area (Å²) in [5, 5.41) is 2.28. The molecule has 0 unspecified atom stereocenters. The molecule has 0 aromatic heterocycles. The number of benzene rings is 2. The maximum Gasteiger partial charge on any atom is 0.294 e. The van der Waals surface area contributed by atoms with Crippen molar-refractivity contribution in [3.8, 4) is 0 Å². The first-order chi connectivity index (χ1) is 15.7. The van der Waals surface area contributed by atoms with Crippen molar-refractivity contribution in [3.63, 3.8) is 0 Å². The maximum atomic E-state index is 12.9. The van der Waals surface area contributed by atoms with E-state index in [9.17, 15) is 14.4 Å². The second-order valence-electron chi connectivity index (χ2n) is 9.16. The molecule has 1 N–H and O–H groups in total. The molecule has 2 aromatic rings. The zero-order chi connectivity index (χ0) is 23.8. The Morgan fingerprint density at radius 3 is 2.61 bits per heavy atom. The molecule has 0 bridgehead atoms. The molecule has 2 aliphatic heterocycles. The van der Waals surface area contributed by atoms with Crippen molar-refractivity contribution in [1.82, 2.24) is 4.90 Å². The lowest BCUT2D eigenvalue weighted by atomic mass is 9.79. The van der Waals surface area contributed by atoms with Gasteiger partial charge in [-0.2, -0.15) is 0 Å². The first kappa shape index (κ1) is 23.1. The summed E-state index contributed by atoms with van der Waals surface area (Å²) in [6.45, 7) is 9.56. The van der Waals surface area contributed by atoms with E-state index in [-0.39, 0.29) is 12.1 Å². The van der Waals surface area contributed by atoms with Crippen molar-refractivity contribution >= 4 is 46.3 Å². The van der Waals surface area contributed by atoms with Crippen LogP contribution in [0.2, 0.25) is 0 Å². The Morgan fingerprint density at radius 1 is 1.18 bits per heavy atom. The quantitative estimate of drug-likeness (QED) is 0.595. The Balaban J connectivity index is 1.52. The summed E-state index contributed by atoms with van der Waals surface area (Å²) in [4.78, 5) is 41.4. The van der Waals surface area contributed by atoms with E-state index in [1.165, 1.54) is 11.3 Å². The van der Waals surface area contributed by atoms with Gasteiger partial charge in [0.05, 0.1) is 4.91 Å². The fourth-order valence-corrected chi connectivity index (χ4v) is 5.69. The van der Waals surface area contributed by atoms with Gasteiger partial charge in [-0.05, 0) is 86.3 Å². The van der Waals surface area contributed by atoms with Gasteiger partial charge in [0, 0.05) is 23.5 Å². The average Bonchev–Trinajstić information content (AvgIpc) is 3.02. The van der Waals surface area contributed by atoms with Gasteiger partial charge in [0.25, 0.3) is 11.1 Å². The Morgan fingerprint density at radius 2 is 1.91 bits per heavy atom. The van der Waals surface area contributed by atoms with Crippen LogP contribution in [0.25, 0.3) is 6.08 Å². The number of para-hydroxylation sites is 1. The summed E-state index contributed by atoms with van der Waals surface area (Å²) in [6, 6.07) is 15.2. The van der Waals surface area contributed by atoms with E-state index in [1.807, 2.05) is 12.1 Å². The van der Waals surface area contributed by atoms with Crippen LogP contribution in [0.3, 0.4) is 0 Å². The smallest absolute Gasteiger partial charge is 0.294 e. The van der Waals surface area contributed by atoms with Crippen LogP contribution < -0.4 is 10.2 Å². The first-order valence-electron chi connectivity index (χ1n) is 11.2. The average molecular weight is 464 g/mol. The van der Waals surface area contributed by atoms with Gasteiger partial charge in [-0.3, -0.25) is 19.3 Å². The number of fused-ring (bicyclic) bond motifs is 1. The first-order valence-corrected chi connectivity index (χ1v) is 12.0. The molecular formula is C26H29N3O3S. The molecule has 0 saturated carbocycles. The normalized spacial score (nSPS) is 20.8. The van der Waals surface area contributed by atoms with Crippen molar-refractivity contribution in [2.75, 3.05) is 23.3 Å². The lowest BCUT2D eigenvalue weighted by molar-refractivity contribution is -0.127. The number of rotatable bonds is 5. The molecule has 0 aliphatic carbocycles. The molecule has 2 heterocycles. The molecule has 1 fully saturated rings. The standard InChI is InChI=1S/C26H29N3O3S/c1-5-29-21-12-11-18(13-20(21)17(2)15-26(29,3)4)14-22-24(31)28(25(32)33-22)16-23(30)27-19-9-7-6-8-10-19/h6-14,17H,5,15-16H2,1-4H3,(H,27,30)/b22-14-/t17-/m0/s1.